The molecule has 0 saturated carbocycles. The molecule has 4 rings (SSSR count). The maximum Gasteiger partial charge on any atom is 0.234 e. The molecule has 1 unspecified atom stereocenters. The molecule has 1 aliphatic rings. The van der Waals surface area contributed by atoms with Crippen LogP contribution >= 0.6 is 0 Å². The molecule has 0 aromatic heterocycles. The second-order valence-corrected chi connectivity index (χ2v) is 7.45. The summed E-state index contributed by atoms with van der Waals surface area (Å²) in [5, 5.41) is 3.27. The summed E-state index contributed by atoms with van der Waals surface area (Å²) in [5.41, 5.74) is 5.11. The maximum absolute atomic E-state index is 12.8. The van der Waals surface area contributed by atoms with Crippen molar-refractivity contribution in [3.8, 4) is 0 Å². The molecule has 0 aliphatic carbocycles. The van der Waals surface area contributed by atoms with Crippen LogP contribution in [0.15, 0.2) is 84.9 Å². The third-order valence-electron chi connectivity index (χ3n) is 5.40. The number of hydrogen-bond acceptors (Lipinski definition) is 2. The zero-order chi connectivity index (χ0) is 19.2. The second kappa shape index (κ2) is 8.85. The summed E-state index contributed by atoms with van der Waals surface area (Å²) in [6.45, 7) is 2.21. The van der Waals surface area contributed by atoms with Crippen molar-refractivity contribution in [3.63, 3.8) is 0 Å². The SMILES string of the molecule is O=C(CN1CCc2ccccc2C1)NC(Cc1ccccc1)c1ccccc1. The Morgan fingerprint density at radius 3 is 2.25 bits per heavy atom. The number of amides is 1. The van der Waals surface area contributed by atoms with Crippen molar-refractivity contribution in [1.29, 1.82) is 0 Å². The minimum Gasteiger partial charge on any atom is -0.348 e. The van der Waals surface area contributed by atoms with Crippen molar-refractivity contribution >= 4 is 5.91 Å². The van der Waals surface area contributed by atoms with Crippen LogP contribution in [0.2, 0.25) is 0 Å². The number of hydrogen-bond donors (Lipinski definition) is 1. The highest BCUT2D eigenvalue weighted by atomic mass is 16.2. The zero-order valence-electron chi connectivity index (χ0n) is 16.1. The van der Waals surface area contributed by atoms with E-state index in [0.717, 1.165) is 31.5 Å². The molecule has 0 bridgehead atoms. The van der Waals surface area contributed by atoms with Gasteiger partial charge < -0.3 is 5.32 Å². The molecular weight excluding hydrogens is 344 g/mol. The first-order valence-electron chi connectivity index (χ1n) is 9.95. The summed E-state index contributed by atoms with van der Waals surface area (Å²) in [6.07, 6.45) is 1.80. The third kappa shape index (κ3) is 4.68. The van der Waals surface area contributed by atoms with Crippen molar-refractivity contribution in [3.05, 3.63) is 107 Å². The summed E-state index contributed by atoms with van der Waals surface area (Å²) in [5.74, 6) is 0.0872. The predicted octanol–water partition coefficient (Wildman–Crippen LogP) is 4.14. The first kappa shape index (κ1) is 18.5. The Morgan fingerprint density at radius 2 is 1.50 bits per heavy atom. The summed E-state index contributed by atoms with van der Waals surface area (Å²) in [4.78, 5) is 15.1. The first-order chi connectivity index (χ1) is 13.8. The number of carbonyl (C=O) groups excluding carboxylic acids is 1. The minimum atomic E-state index is -0.0202. The Labute approximate surface area is 167 Å². The van der Waals surface area contributed by atoms with Crippen LogP contribution in [-0.4, -0.2) is 23.9 Å². The van der Waals surface area contributed by atoms with Crippen LogP contribution in [0, 0.1) is 0 Å². The van der Waals surface area contributed by atoms with E-state index in [9.17, 15) is 4.79 Å². The minimum absolute atomic E-state index is 0.0202. The lowest BCUT2D eigenvalue weighted by atomic mass is 9.98. The van der Waals surface area contributed by atoms with E-state index in [1.165, 1.54) is 16.7 Å². The molecule has 1 atom stereocenters. The predicted molar refractivity (Wildman–Crippen MR) is 113 cm³/mol. The summed E-state index contributed by atoms with van der Waals surface area (Å²) in [6, 6.07) is 29.1. The normalized spacial score (nSPS) is 14.9. The molecule has 28 heavy (non-hydrogen) atoms. The van der Waals surface area contributed by atoms with Gasteiger partial charge in [0, 0.05) is 13.1 Å². The average Bonchev–Trinajstić information content (AvgIpc) is 2.74. The zero-order valence-corrected chi connectivity index (χ0v) is 16.1. The summed E-state index contributed by atoms with van der Waals surface area (Å²) >= 11 is 0. The molecule has 3 nitrogen and oxygen atoms in total. The van der Waals surface area contributed by atoms with E-state index in [1.807, 2.05) is 36.4 Å². The van der Waals surface area contributed by atoms with Crippen LogP contribution in [0.1, 0.15) is 28.3 Å². The number of nitrogens with one attached hydrogen (secondary N) is 1. The molecule has 3 aromatic carbocycles. The number of carbonyl (C=O) groups is 1. The summed E-state index contributed by atoms with van der Waals surface area (Å²) in [7, 11) is 0. The standard InChI is InChI=1S/C25H26N2O/c28-25(19-27-16-15-21-11-7-8-14-23(21)18-27)26-24(22-12-5-2-6-13-22)17-20-9-3-1-4-10-20/h1-14,24H,15-19H2,(H,26,28). The molecule has 0 radical (unpaired) electrons. The van der Waals surface area contributed by atoms with Gasteiger partial charge in [-0.2, -0.15) is 0 Å². The lowest BCUT2D eigenvalue weighted by Gasteiger charge is -2.29. The average molecular weight is 370 g/mol. The second-order valence-electron chi connectivity index (χ2n) is 7.45. The van der Waals surface area contributed by atoms with Crippen LogP contribution in [0.4, 0.5) is 0 Å². The van der Waals surface area contributed by atoms with E-state index in [-0.39, 0.29) is 11.9 Å². The molecule has 1 aliphatic heterocycles. The highest BCUT2D eigenvalue weighted by Crippen LogP contribution is 2.20. The van der Waals surface area contributed by atoms with Crippen LogP contribution in [0.5, 0.6) is 0 Å². The van der Waals surface area contributed by atoms with Gasteiger partial charge in [0.25, 0.3) is 0 Å². The van der Waals surface area contributed by atoms with Crippen molar-refractivity contribution in [2.24, 2.45) is 0 Å². The fraction of sp³-hybridized carbons (Fsp3) is 0.240. The number of rotatable bonds is 6. The molecule has 0 fully saturated rings. The van der Waals surface area contributed by atoms with E-state index in [1.54, 1.807) is 0 Å². The van der Waals surface area contributed by atoms with Gasteiger partial charge in [-0.1, -0.05) is 84.9 Å². The monoisotopic (exact) mass is 370 g/mol. The Bertz CT molecular complexity index is 908. The lowest BCUT2D eigenvalue weighted by Crippen LogP contribution is -2.41. The van der Waals surface area contributed by atoms with Gasteiger partial charge in [0.1, 0.15) is 0 Å². The molecule has 3 aromatic rings. The van der Waals surface area contributed by atoms with Gasteiger partial charge in [0.2, 0.25) is 5.91 Å². The molecule has 3 heteroatoms. The van der Waals surface area contributed by atoms with Gasteiger partial charge in [-0.3, -0.25) is 9.69 Å². The number of nitrogens with zero attached hydrogens (tertiary/aromatic N) is 1. The van der Waals surface area contributed by atoms with E-state index in [2.05, 4.69) is 58.7 Å². The fourth-order valence-electron chi connectivity index (χ4n) is 3.92. The van der Waals surface area contributed by atoms with Crippen LogP contribution < -0.4 is 5.32 Å². The largest absolute Gasteiger partial charge is 0.348 e. The lowest BCUT2D eigenvalue weighted by molar-refractivity contribution is -0.123. The van der Waals surface area contributed by atoms with Crippen molar-refractivity contribution in [2.75, 3.05) is 13.1 Å². The van der Waals surface area contributed by atoms with E-state index >= 15 is 0 Å². The van der Waals surface area contributed by atoms with Crippen LogP contribution in [0.25, 0.3) is 0 Å². The molecule has 142 valence electrons. The Hall–Kier alpha value is -2.91. The highest BCUT2D eigenvalue weighted by Gasteiger charge is 2.20. The number of benzene rings is 3. The number of fused-ring (bicyclic) bond motifs is 1. The molecular formula is C25H26N2O. The van der Waals surface area contributed by atoms with Gasteiger partial charge in [-0.15, -0.1) is 0 Å². The van der Waals surface area contributed by atoms with Gasteiger partial charge in [0.15, 0.2) is 0 Å². The van der Waals surface area contributed by atoms with Crippen LogP contribution in [0.3, 0.4) is 0 Å². The molecule has 1 N–H and O–H groups in total. The Balaban J connectivity index is 1.42. The maximum atomic E-state index is 12.8. The third-order valence-corrected chi connectivity index (χ3v) is 5.40. The smallest absolute Gasteiger partial charge is 0.234 e. The first-order valence-corrected chi connectivity index (χ1v) is 9.95. The van der Waals surface area contributed by atoms with Crippen molar-refractivity contribution in [1.82, 2.24) is 10.2 Å². The van der Waals surface area contributed by atoms with Crippen LogP contribution in [-0.2, 0) is 24.2 Å². The van der Waals surface area contributed by atoms with Gasteiger partial charge >= 0.3 is 0 Å². The van der Waals surface area contributed by atoms with Gasteiger partial charge in [-0.25, -0.2) is 0 Å². The van der Waals surface area contributed by atoms with E-state index in [4.69, 9.17) is 0 Å². The fourth-order valence-corrected chi connectivity index (χ4v) is 3.92. The van der Waals surface area contributed by atoms with Gasteiger partial charge in [0.05, 0.1) is 12.6 Å². The topological polar surface area (TPSA) is 32.3 Å². The molecule has 1 heterocycles. The molecule has 1 amide bonds. The quantitative estimate of drug-likeness (QED) is 0.707. The van der Waals surface area contributed by atoms with E-state index in [0.29, 0.717) is 6.54 Å². The Morgan fingerprint density at radius 1 is 0.857 bits per heavy atom. The van der Waals surface area contributed by atoms with Gasteiger partial charge in [-0.05, 0) is 35.1 Å². The molecule has 0 spiro atoms. The molecule has 0 saturated heterocycles. The Kier molecular flexibility index (Phi) is 5.83. The summed E-state index contributed by atoms with van der Waals surface area (Å²) < 4.78 is 0. The van der Waals surface area contributed by atoms with Crippen molar-refractivity contribution in [2.45, 2.75) is 25.4 Å². The highest BCUT2D eigenvalue weighted by molar-refractivity contribution is 5.78. The van der Waals surface area contributed by atoms with E-state index < -0.39 is 0 Å². The van der Waals surface area contributed by atoms with Crippen molar-refractivity contribution < 1.29 is 4.79 Å².